The molecule has 1 heterocycles. The molecule has 1 saturated heterocycles. The molecule has 0 aliphatic carbocycles. The second-order valence-corrected chi connectivity index (χ2v) is 11.7. The van der Waals surface area contributed by atoms with Crippen LogP contribution in [-0.4, -0.2) is 40.6 Å². The Morgan fingerprint density at radius 1 is 0.854 bits per heavy atom. The van der Waals surface area contributed by atoms with Crippen molar-refractivity contribution in [1.29, 1.82) is 0 Å². The van der Waals surface area contributed by atoms with E-state index in [4.69, 9.17) is 10.5 Å². The topological polar surface area (TPSA) is 75.8 Å². The number of nitrogens with two attached hydrogens (primary N) is 1. The number of hydrogen-bond donors (Lipinski definition) is 2. The van der Waals surface area contributed by atoms with Gasteiger partial charge in [-0.05, 0) is 73.1 Å². The predicted octanol–water partition coefficient (Wildman–Crippen LogP) is 6.68. The van der Waals surface area contributed by atoms with Gasteiger partial charge < -0.3 is 15.6 Å². The molecule has 4 aromatic rings. The van der Waals surface area contributed by atoms with Gasteiger partial charge in [0.05, 0.1) is 18.1 Å². The van der Waals surface area contributed by atoms with Crippen molar-refractivity contribution in [2.75, 3.05) is 13.1 Å². The lowest BCUT2D eigenvalue weighted by molar-refractivity contribution is -0.122. The molecule has 1 aliphatic rings. The Morgan fingerprint density at radius 3 is 2.07 bits per heavy atom. The van der Waals surface area contributed by atoms with Crippen molar-refractivity contribution in [1.82, 2.24) is 4.90 Å². The second-order valence-electron chi connectivity index (χ2n) is 11.7. The number of carbonyl (C=O) groups is 1. The van der Waals surface area contributed by atoms with E-state index >= 15 is 0 Å². The molecule has 212 valence electrons. The number of amides is 1. The summed E-state index contributed by atoms with van der Waals surface area (Å²) in [6, 6.07) is 35.5. The minimum atomic E-state index is -0.889. The molecular weight excluding hydrogens is 508 g/mol. The third-order valence-electron chi connectivity index (χ3n) is 8.69. The third kappa shape index (κ3) is 6.37. The summed E-state index contributed by atoms with van der Waals surface area (Å²) in [7, 11) is 0. The Balaban J connectivity index is 1.22. The van der Waals surface area contributed by atoms with Gasteiger partial charge in [-0.2, -0.15) is 0 Å². The van der Waals surface area contributed by atoms with Crippen LogP contribution in [0.15, 0.2) is 109 Å². The van der Waals surface area contributed by atoms with E-state index in [1.165, 1.54) is 0 Å². The molecule has 0 saturated carbocycles. The number of rotatable bonds is 11. The Bertz CT molecular complexity index is 1400. The number of phenols is 1. The molecule has 0 radical (unpaired) electrons. The van der Waals surface area contributed by atoms with Gasteiger partial charge in [0.25, 0.3) is 0 Å². The van der Waals surface area contributed by atoms with Gasteiger partial charge >= 0.3 is 0 Å². The molecule has 4 aromatic carbocycles. The summed E-state index contributed by atoms with van der Waals surface area (Å²) in [6.07, 6.45) is 2.56. The van der Waals surface area contributed by atoms with Gasteiger partial charge in [0.15, 0.2) is 0 Å². The highest BCUT2D eigenvalue weighted by Gasteiger charge is 2.43. The highest BCUT2D eigenvalue weighted by atomic mass is 16.5. The first-order valence-corrected chi connectivity index (χ1v) is 14.4. The van der Waals surface area contributed by atoms with Crippen LogP contribution in [0.2, 0.25) is 0 Å². The van der Waals surface area contributed by atoms with Gasteiger partial charge in [-0.3, -0.25) is 9.69 Å². The number of primary amides is 1. The van der Waals surface area contributed by atoms with Crippen molar-refractivity contribution in [2.24, 2.45) is 5.73 Å². The standard InChI is InChI=1S/C36H40N2O3/c1-35(2,21-22-36(34(37)40,30-11-5-3-6-12-30)31-13-7-4-8-14-31)38-23-20-33(25-38)41-26-27-16-18-28(19-17-27)29-10-9-15-32(39)24-29/h3-19,24,33,39H,20-23,25-26H2,1-2H3,(H2,37,40)/t33-/m0/s1. The fourth-order valence-electron chi connectivity index (χ4n) is 6.07. The van der Waals surface area contributed by atoms with Crippen molar-refractivity contribution >= 4 is 5.91 Å². The highest BCUT2D eigenvalue weighted by Crippen LogP contribution is 2.40. The molecule has 0 unspecified atom stereocenters. The van der Waals surface area contributed by atoms with Crippen LogP contribution in [0.4, 0.5) is 0 Å². The van der Waals surface area contributed by atoms with Gasteiger partial charge in [-0.25, -0.2) is 0 Å². The van der Waals surface area contributed by atoms with Crippen LogP contribution in [0.25, 0.3) is 11.1 Å². The van der Waals surface area contributed by atoms with Crippen LogP contribution in [0, 0.1) is 0 Å². The van der Waals surface area contributed by atoms with Crippen LogP contribution in [0.5, 0.6) is 5.75 Å². The van der Waals surface area contributed by atoms with Gasteiger partial charge in [0.2, 0.25) is 5.91 Å². The van der Waals surface area contributed by atoms with E-state index in [0.29, 0.717) is 13.0 Å². The minimum absolute atomic E-state index is 0.134. The summed E-state index contributed by atoms with van der Waals surface area (Å²) >= 11 is 0. The second kappa shape index (κ2) is 12.3. The molecule has 1 aliphatic heterocycles. The average molecular weight is 549 g/mol. The molecule has 0 spiro atoms. The first-order valence-electron chi connectivity index (χ1n) is 14.4. The number of nitrogens with zero attached hydrogens (tertiary/aromatic N) is 1. The predicted molar refractivity (Wildman–Crippen MR) is 164 cm³/mol. The SMILES string of the molecule is CC(C)(CCC(C(N)=O)(c1ccccc1)c1ccccc1)N1CC[C@H](OCc2ccc(-c3cccc(O)c3)cc2)C1. The largest absolute Gasteiger partial charge is 0.508 e. The lowest BCUT2D eigenvalue weighted by atomic mass is 9.69. The number of carbonyl (C=O) groups excluding carboxylic acids is 1. The maximum atomic E-state index is 13.2. The first-order chi connectivity index (χ1) is 19.8. The Morgan fingerprint density at radius 2 is 1.49 bits per heavy atom. The maximum absolute atomic E-state index is 13.2. The van der Waals surface area contributed by atoms with Crippen LogP contribution in [0.3, 0.4) is 0 Å². The summed E-state index contributed by atoms with van der Waals surface area (Å²) in [5.74, 6) is -0.0486. The zero-order valence-corrected chi connectivity index (χ0v) is 24.0. The van der Waals surface area contributed by atoms with Gasteiger partial charge in [-0.1, -0.05) is 97.1 Å². The summed E-state index contributed by atoms with van der Waals surface area (Å²) in [5.41, 5.74) is 10.2. The molecule has 0 aromatic heterocycles. The van der Waals surface area contributed by atoms with Crippen molar-refractivity contribution in [2.45, 2.75) is 56.8 Å². The van der Waals surface area contributed by atoms with Crippen LogP contribution in [-0.2, 0) is 21.6 Å². The van der Waals surface area contributed by atoms with E-state index in [1.54, 1.807) is 12.1 Å². The smallest absolute Gasteiger partial charge is 0.232 e. The van der Waals surface area contributed by atoms with Crippen LogP contribution in [0.1, 0.15) is 49.8 Å². The Labute approximate surface area is 243 Å². The summed E-state index contributed by atoms with van der Waals surface area (Å²) in [6.45, 7) is 6.89. The number of ether oxygens (including phenoxy) is 1. The zero-order valence-electron chi connectivity index (χ0n) is 24.0. The molecular formula is C36H40N2O3. The van der Waals surface area contributed by atoms with Crippen molar-refractivity contribution < 1.29 is 14.6 Å². The maximum Gasteiger partial charge on any atom is 0.232 e. The molecule has 0 bridgehead atoms. The number of phenolic OH excluding ortho intramolecular Hbond substituents is 1. The van der Waals surface area contributed by atoms with E-state index in [1.807, 2.05) is 72.8 Å². The monoisotopic (exact) mass is 548 g/mol. The van der Waals surface area contributed by atoms with Crippen LogP contribution >= 0.6 is 0 Å². The van der Waals surface area contributed by atoms with E-state index in [2.05, 4.69) is 43.0 Å². The van der Waals surface area contributed by atoms with E-state index in [9.17, 15) is 9.90 Å². The molecule has 5 nitrogen and oxygen atoms in total. The summed E-state index contributed by atoms with van der Waals surface area (Å²) < 4.78 is 6.35. The zero-order chi connectivity index (χ0) is 28.9. The van der Waals surface area contributed by atoms with E-state index < -0.39 is 5.41 Å². The van der Waals surface area contributed by atoms with Gasteiger partial charge in [-0.15, -0.1) is 0 Å². The summed E-state index contributed by atoms with van der Waals surface area (Å²) in [4.78, 5) is 15.7. The Kier molecular flexibility index (Phi) is 8.57. The molecule has 1 amide bonds. The normalized spacial score (nSPS) is 16.1. The quantitative estimate of drug-likeness (QED) is 0.219. The first kappa shape index (κ1) is 28.6. The van der Waals surface area contributed by atoms with Crippen molar-refractivity contribution in [3.05, 3.63) is 126 Å². The molecule has 1 fully saturated rings. The third-order valence-corrected chi connectivity index (χ3v) is 8.69. The number of hydrogen-bond acceptors (Lipinski definition) is 4. The van der Waals surface area contributed by atoms with Crippen molar-refractivity contribution in [3.63, 3.8) is 0 Å². The summed E-state index contributed by atoms with van der Waals surface area (Å²) in [5, 5.41) is 9.77. The van der Waals surface area contributed by atoms with E-state index in [0.717, 1.165) is 53.7 Å². The highest BCUT2D eigenvalue weighted by molar-refractivity contribution is 5.90. The molecule has 5 heteroatoms. The minimum Gasteiger partial charge on any atom is -0.508 e. The molecule has 3 N–H and O–H groups in total. The Hall–Kier alpha value is -3.93. The molecule has 1 atom stereocenters. The molecule has 5 rings (SSSR count). The van der Waals surface area contributed by atoms with E-state index in [-0.39, 0.29) is 23.3 Å². The lowest BCUT2D eigenvalue weighted by Gasteiger charge is -2.40. The lowest BCUT2D eigenvalue weighted by Crippen LogP contribution is -2.47. The molecule has 41 heavy (non-hydrogen) atoms. The number of benzene rings is 4. The number of aromatic hydroxyl groups is 1. The van der Waals surface area contributed by atoms with Gasteiger partial charge in [0.1, 0.15) is 5.75 Å². The van der Waals surface area contributed by atoms with Crippen LogP contribution < -0.4 is 5.73 Å². The fraction of sp³-hybridized carbons (Fsp3) is 0.306. The number of likely N-dealkylation sites (tertiary alicyclic amines) is 1. The average Bonchev–Trinajstić information content (AvgIpc) is 3.48. The fourth-order valence-corrected chi connectivity index (χ4v) is 6.07. The van der Waals surface area contributed by atoms with Gasteiger partial charge in [0, 0.05) is 18.6 Å². The van der Waals surface area contributed by atoms with Crippen molar-refractivity contribution in [3.8, 4) is 16.9 Å².